The lowest BCUT2D eigenvalue weighted by Crippen LogP contribution is -2.21. The second kappa shape index (κ2) is 6.77. The summed E-state index contributed by atoms with van der Waals surface area (Å²) in [6, 6.07) is 7.87. The standard InChI is InChI=1S/C18H22N4O/c1-13(2)15-7-3-4-8-16(15)21-17(23)14-11-19-18(20-12-14)22-9-5-6-10-22/h3-4,7-8,11-13H,5-6,9-10H2,1-2H3,(H,21,23). The van der Waals surface area contributed by atoms with E-state index in [2.05, 4.69) is 34.0 Å². The number of anilines is 2. The fourth-order valence-electron chi connectivity index (χ4n) is 2.83. The van der Waals surface area contributed by atoms with Crippen molar-refractivity contribution in [3.8, 4) is 0 Å². The van der Waals surface area contributed by atoms with Crippen LogP contribution in [-0.2, 0) is 0 Å². The number of carbonyl (C=O) groups is 1. The Morgan fingerprint density at radius 2 is 1.78 bits per heavy atom. The molecule has 0 spiro atoms. The van der Waals surface area contributed by atoms with Gasteiger partial charge < -0.3 is 10.2 Å². The van der Waals surface area contributed by atoms with Crippen LogP contribution in [-0.4, -0.2) is 29.0 Å². The molecule has 1 fully saturated rings. The summed E-state index contributed by atoms with van der Waals surface area (Å²) < 4.78 is 0. The van der Waals surface area contributed by atoms with Gasteiger partial charge in [-0.15, -0.1) is 0 Å². The molecule has 23 heavy (non-hydrogen) atoms. The van der Waals surface area contributed by atoms with Crippen LogP contribution in [0.15, 0.2) is 36.7 Å². The Balaban J connectivity index is 1.73. The summed E-state index contributed by atoms with van der Waals surface area (Å²) in [7, 11) is 0. The smallest absolute Gasteiger partial charge is 0.258 e. The van der Waals surface area contributed by atoms with Gasteiger partial charge in [0.15, 0.2) is 0 Å². The Kier molecular flexibility index (Phi) is 4.55. The molecule has 1 saturated heterocycles. The SMILES string of the molecule is CC(C)c1ccccc1NC(=O)c1cnc(N2CCCC2)nc1. The highest BCUT2D eigenvalue weighted by molar-refractivity contribution is 6.04. The van der Waals surface area contributed by atoms with Crippen molar-refractivity contribution in [1.29, 1.82) is 0 Å². The van der Waals surface area contributed by atoms with Gasteiger partial charge in [-0.25, -0.2) is 9.97 Å². The van der Waals surface area contributed by atoms with Gasteiger partial charge in [-0.3, -0.25) is 4.79 Å². The molecule has 1 amide bonds. The maximum atomic E-state index is 12.4. The number of amides is 1. The summed E-state index contributed by atoms with van der Waals surface area (Å²) in [5.74, 6) is 0.882. The minimum Gasteiger partial charge on any atom is -0.341 e. The first-order valence-electron chi connectivity index (χ1n) is 8.12. The fraction of sp³-hybridized carbons (Fsp3) is 0.389. The van der Waals surface area contributed by atoms with Gasteiger partial charge in [-0.05, 0) is 30.4 Å². The van der Waals surface area contributed by atoms with E-state index in [4.69, 9.17) is 0 Å². The van der Waals surface area contributed by atoms with Crippen LogP contribution in [0.25, 0.3) is 0 Å². The normalized spacial score (nSPS) is 14.3. The van der Waals surface area contributed by atoms with Crippen LogP contribution in [0.5, 0.6) is 0 Å². The zero-order valence-corrected chi connectivity index (χ0v) is 13.6. The summed E-state index contributed by atoms with van der Waals surface area (Å²) in [6.45, 7) is 6.21. The molecule has 120 valence electrons. The van der Waals surface area contributed by atoms with Crippen molar-refractivity contribution in [2.45, 2.75) is 32.6 Å². The first kappa shape index (κ1) is 15.5. The molecular weight excluding hydrogens is 288 g/mol. The van der Waals surface area contributed by atoms with Crippen LogP contribution in [0.3, 0.4) is 0 Å². The highest BCUT2D eigenvalue weighted by Crippen LogP contribution is 2.24. The molecule has 1 aliphatic rings. The molecule has 5 heteroatoms. The van der Waals surface area contributed by atoms with Crippen LogP contribution < -0.4 is 10.2 Å². The lowest BCUT2D eigenvalue weighted by atomic mass is 10.0. The maximum Gasteiger partial charge on any atom is 0.258 e. The van der Waals surface area contributed by atoms with Crippen molar-refractivity contribution >= 4 is 17.5 Å². The summed E-state index contributed by atoms with van der Waals surface area (Å²) in [6.07, 6.45) is 5.57. The number of nitrogens with one attached hydrogen (secondary N) is 1. The summed E-state index contributed by atoms with van der Waals surface area (Å²) >= 11 is 0. The van der Waals surface area contributed by atoms with Gasteiger partial charge in [0, 0.05) is 31.2 Å². The molecule has 1 N–H and O–H groups in total. The maximum absolute atomic E-state index is 12.4. The van der Waals surface area contributed by atoms with Crippen molar-refractivity contribution in [2.24, 2.45) is 0 Å². The molecule has 2 heterocycles. The van der Waals surface area contributed by atoms with E-state index < -0.39 is 0 Å². The molecule has 1 aliphatic heterocycles. The van der Waals surface area contributed by atoms with Gasteiger partial charge in [0.25, 0.3) is 5.91 Å². The Bertz CT molecular complexity index is 676. The number of hydrogen-bond donors (Lipinski definition) is 1. The number of hydrogen-bond acceptors (Lipinski definition) is 4. The van der Waals surface area contributed by atoms with Crippen molar-refractivity contribution < 1.29 is 4.79 Å². The van der Waals surface area contributed by atoms with E-state index in [9.17, 15) is 4.79 Å². The molecular formula is C18H22N4O. The third kappa shape index (κ3) is 3.50. The van der Waals surface area contributed by atoms with E-state index in [0.29, 0.717) is 17.4 Å². The molecule has 0 unspecified atom stereocenters. The number of carbonyl (C=O) groups excluding carboxylic acids is 1. The van der Waals surface area contributed by atoms with Crippen LogP contribution in [0.1, 0.15) is 48.5 Å². The molecule has 1 aromatic heterocycles. The lowest BCUT2D eigenvalue weighted by Gasteiger charge is -2.15. The van der Waals surface area contributed by atoms with E-state index in [1.165, 1.54) is 12.8 Å². The fourth-order valence-corrected chi connectivity index (χ4v) is 2.83. The average molecular weight is 310 g/mol. The van der Waals surface area contributed by atoms with Crippen LogP contribution >= 0.6 is 0 Å². The molecule has 3 rings (SSSR count). The Morgan fingerprint density at radius 1 is 1.13 bits per heavy atom. The minimum atomic E-state index is -0.175. The van der Waals surface area contributed by atoms with Gasteiger partial charge in [0.05, 0.1) is 5.56 Å². The Labute approximate surface area is 136 Å². The van der Waals surface area contributed by atoms with Crippen molar-refractivity contribution in [2.75, 3.05) is 23.3 Å². The average Bonchev–Trinajstić information content (AvgIpc) is 3.10. The van der Waals surface area contributed by atoms with Crippen LogP contribution in [0.4, 0.5) is 11.6 Å². The zero-order chi connectivity index (χ0) is 16.2. The van der Waals surface area contributed by atoms with Gasteiger partial charge in [0.1, 0.15) is 0 Å². The molecule has 2 aromatic rings. The molecule has 0 bridgehead atoms. The third-order valence-electron chi connectivity index (χ3n) is 4.12. The molecule has 5 nitrogen and oxygen atoms in total. The lowest BCUT2D eigenvalue weighted by molar-refractivity contribution is 0.102. The molecule has 1 aromatic carbocycles. The van der Waals surface area contributed by atoms with Crippen molar-refractivity contribution in [3.05, 3.63) is 47.8 Å². The summed E-state index contributed by atoms with van der Waals surface area (Å²) in [4.78, 5) is 23.2. The number of nitrogens with zero attached hydrogens (tertiary/aromatic N) is 3. The third-order valence-corrected chi connectivity index (χ3v) is 4.12. The largest absolute Gasteiger partial charge is 0.341 e. The number of aromatic nitrogens is 2. The van der Waals surface area contributed by atoms with Crippen LogP contribution in [0.2, 0.25) is 0 Å². The number of para-hydroxylation sites is 1. The first-order valence-corrected chi connectivity index (χ1v) is 8.12. The van der Waals surface area contributed by atoms with Gasteiger partial charge in [0.2, 0.25) is 5.95 Å². The van der Waals surface area contributed by atoms with E-state index in [1.54, 1.807) is 12.4 Å². The first-order chi connectivity index (χ1) is 11.1. The van der Waals surface area contributed by atoms with Crippen molar-refractivity contribution in [3.63, 3.8) is 0 Å². The quantitative estimate of drug-likeness (QED) is 0.939. The minimum absolute atomic E-state index is 0.175. The van der Waals surface area contributed by atoms with Crippen LogP contribution in [0, 0.1) is 0 Å². The number of rotatable bonds is 4. The van der Waals surface area contributed by atoms with Gasteiger partial charge in [-0.2, -0.15) is 0 Å². The summed E-state index contributed by atoms with van der Waals surface area (Å²) in [5, 5.41) is 2.96. The second-order valence-corrected chi connectivity index (χ2v) is 6.16. The molecule has 0 saturated carbocycles. The van der Waals surface area contributed by atoms with Gasteiger partial charge >= 0.3 is 0 Å². The van der Waals surface area contributed by atoms with Crippen molar-refractivity contribution in [1.82, 2.24) is 9.97 Å². The van der Waals surface area contributed by atoms with E-state index in [1.807, 2.05) is 24.3 Å². The molecule has 0 aliphatic carbocycles. The highest BCUT2D eigenvalue weighted by atomic mass is 16.1. The monoisotopic (exact) mass is 310 g/mol. The van der Waals surface area contributed by atoms with E-state index >= 15 is 0 Å². The van der Waals surface area contributed by atoms with E-state index in [0.717, 1.165) is 24.3 Å². The second-order valence-electron chi connectivity index (χ2n) is 6.16. The zero-order valence-electron chi connectivity index (χ0n) is 13.6. The van der Waals surface area contributed by atoms with Gasteiger partial charge in [-0.1, -0.05) is 32.0 Å². The highest BCUT2D eigenvalue weighted by Gasteiger charge is 2.16. The number of benzene rings is 1. The Hall–Kier alpha value is -2.43. The molecule has 0 radical (unpaired) electrons. The summed E-state index contributed by atoms with van der Waals surface area (Å²) in [5.41, 5.74) is 2.44. The molecule has 0 atom stereocenters. The predicted octanol–water partition coefficient (Wildman–Crippen LogP) is 3.45. The topological polar surface area (TPSA) is 58.1 Å². The van der Waals surface area contributed by atoms with E-state index in [-0.39, 0.29) is 5.91 Å². The predicted molar refractivity (Wildman–Crippen MR) is 92.0 cm³/mol. The Morgan fingerprint density at radius 3 is 2.43 bits per heavy atom.